The van der Waals surface area contributed by atoms with E-state index in [0.29, 0.717) is 24.7 Å². The number of H-pyrrole nitrogens is 1. The molecule has 1 aromatic heterocycles. The third kappa shape index (κ3) is 4.78. The molecule has 2 aromatic rings. The van der Waals surface area contributed by atoms with E-state index in [1.165, 1.54) is 0 Å². The van der Waals surface area contributed by atoms with Crippen molar-refractivity contribution in [2.24, 2.45) is 5.92 Å². The number of hydrogen-bond donors (Lipinski definition) is 2. The molecular formula is C22H27N3O2. The molecule has 1 aliphatic rings. The van der Waals surface area contributed by atoms with Gasteiger partial charge in [-0.05, 0) is 75.8 Å². The Balaban J connectivity index is 1.68. The van der Waals surface area contributed by atoms with Crippen molar-refractivity contribution < 1.29 is 9.90 Å². The van der Waals surface area contributed by atoms with Crippen LogP contribution in [0.1, 0.15) is 54.7 Å². The average Bonchev–Trinajstić information content (AvgIpc) is 3.10. The summed E-state index contributed by atoms with van der Waals surface area (Å²) in [6, 6.07) is 7.65. The van der Waals surface area contributed by atoms with E-state index in [4.69, 9.17) is 6.42 Å². The Kier molecular flexibility index (Phi) is 5.38. The molecule has 1 aliphatic heterocycles. The predicted octanol–water partition coefficient (Wildman–Crippen LogP) is 3.38. The summed E-state index contributed by atoms with van der Waals surface area (Å²) in [7, 11) is 0. The highest BCUT2D eigenvalue weighted by Crippen LogP contribution is 2.27. The molecule has 0 spiro atoms. The second-order valence-electron chi connectivity index (χ2n) is 8.15. The van der Waals surface area contributed by atoms with Gasteiger partial charge in [-0.1, -0.05) is 5.92 Å². The molecule has 142 valence electrons. The number of rotatable bonds is 4. The number of nitrogens with zero attached hydrogens (tertiary/aromatic N) is 2. The molecule has 0 saturated carbocycles. The number of hydrogen-bond acceptors (Lipinski definition) is 3. The molecule has 27 heavy (non-hydrogen) atoms. The van der Waals surface area contributed by atoms with E-state index in [0.717, 1.165) is 41.6 Å². The third-order valence-corrected chi connectivity index (χ3v) is 5.04. The molecule has 5 nitrogen and oxygen atoms in total. The molecule has 5 heteroatoms. The van der Waals surface area contributed by atoms with Gasteiger partial charge in [0.1, 0.15) is 5.69 Å². The lowest BCUT2D eigenvalue weighted by molar-refractivity contribution is 0.0357. The Morgan fingerprint density at radius 1 is 1.33 bits per heavy atom. The highest BCUT2D eigenvalue weighted by atomic mass is 16.3. The quantitative estimate of drug-likeness (QED) is 0.816. The first-order chi connectivity index (χ1) is 12.7. The summed E-state index contributed by atoms with van der Waals surface area (Å²) in [5, 5.41) is 17.2. The van der Waals surface area contributed by atoms with E-state index in [-0.39, 0.29) is 5.91 Å². The van der Waals surface area contributed by atoms with Crippen LogP contribution in [0.4, 0.5) is 0 Å². The fraction of sp³-hybridized carbons (Fsp3) is 0.455. The molecule has 0 unspecified atom stereocenters. The molecule has 1 fully saturated rings. The minimum absolute atomic E-state index is 0.0275. The van der Waals surface area contributed by atoms with Crippen molar-refractivity contribution in [1.82, 2.24) is 15.1 Å². The van der Waals surface area contributed by atoms with Crippen molar-refractivity contribution >= 4 is 5.91 Å². The molecule has 0 bridgehead atoms. The highest BCUT2D eigenvalue weighted by Gasteiger charge is 2.28. The first-order valence-corrected chi connectivity index (χ1v) is 9.41. The largest absolute Gasteiger partial charge is 0.390 e. The lowest BCUT2D eigenvalue weighted by Crippen LogP contribution is -2.40. The molecule has 1 amide bonds. The van der Waals surface area contributed by atoms with Crippen LogP contribution in [0.3, 0.4) is 0 Å². The van der Waals surface area contributed by atoms with Gasteiger partial charge in [0.25, 0.3) is 5.91 Å². The monoisotopic (exact) mass is 365 g/mol. The van der Waals surface area contributed by atoms with E-state index >= 15 is 0 Å². The summed E-state index contributed by atoms with van der Waals surface area (Å²) in [5.41, 5.74) is 3.33. The second kappa shape index (κ2) is 7.58. The van der Waals surface area contributed by atoms with Crippen molar-refractivity contribution in [2.75, 3.05) is 13.1 Å². The van der Waals surface area contributed by atoms with Crippen LogP contribution in [0, 0.1) is 25.2 Å². The lowest BCUT2D eigenvalue weighted by Gasteiger charge is -2.34. The van der Waals surface area contributed by atoms with Gasteiger partial charge in [0.2, 0.25) is 0 Å². The summed E-state index contributed by atoms with van der Waals surface area (Å²) >= 11 is 0. The zero-order chi connectivity index (χ0) is 19.6. The highest BCUT2D eigenvalue weighted by molar-refractivity contribution is 5.93. The van der Waals surface area contributed by atoms with E-state index in [1.54, 1.807) is 6.07 Å². The summed E-state index contributed by atoms with van der Waals surface area (Å²) in [6.45, 7) is 7.08. The number of amides is 1. The normalized spacial score (nSPS) is 15.6. The zero-order valence-electron chi connectivity index (χ0n) is 16.2. The van der Waals surface area contributed by atoms with Gasteiger partial charge >= 0.3 is 0 Å². The van der Waals surface area contributed by atoms with Gasteiger partial charge in [0, 0.05) is 24.2 Å². The predicted molar refractivity (Wildman–Crippen MR) is 106 cm³/mol. The Morgan fingerprint density at radius 2 is 2.04 bits per heavy atom. The van der Waals surface area contributed by atoms with Crippen LogP contribution in [0.15, 0.2) is 24.3 Å². The Bertz CT molecular complexity index is 862. The van der Waals surface area contributed by atoms with Gasteiger partial charge < -0.3 is 10.0 Å². The maximum atomic E-state index is 12.8. The number of likely N-dealkylation sites (tertiary alicyclic amines) is 1. The van der Waals surface area contributed by atoms with E-state index < -0.39 is 5.60 Å². The molecule has 1 saturated heterocycles. The Morgan fingerprint density at radius 3 is 2.67 bits per heavy atom. The maximum absolute atomic E-state index is 12.8. The molecule has 2 heterocycles. The molecule has 0 atom stereocenters. The fourth-order valence-corrected chi connectivity index (χ4v) is 3.81. The van der Waals surface area contributed by atoms with Crippen molar-refractivity contribution in [3.8, 4) is 23.6 Å². The first kappa shape index (κ1) is 19.2. The number of terminal acetylenes is 1. The smallest absolute Gasteiger partial charge is 0.271 e. The third-order valence-electron chi connectivity index (χ3n) is 5.04. The minimum Gasteiger partial charge on any atom is -0.390 e. The second-order valence-corrected chi connectivity index (χ2v) is 8.15. The van der Waals surface area contributed by atoms with Crippen LogP contribution in [0.25, 0.3) is 11.3 Å². The minimum atomic E-state index is -0.653. The van der Waals surface area contributed by atoms with Crippen molar-refractivity contribution in [3.63, 3.8) is 0 Å². The number of aromatic amines is 1. The zero-order valence-corrected chi connectivity index (χ0v) is 16.2. The maximum Gasteiger partial charge on any atom is 0.271 e. The van der Waals surface area contributed by atoms with Gasteiger partial charge in [-0.2, -0.15) is 5.10 Å². The number of carbonyl (C=O) groups excluding carboxylic acids is 1. The van der Waals surface area contributed by atoms with Gasteiger partial charge in [-0.3, -0.25) is 9.89 Å². The SMILES string of the molecule is C#Cc1cc(C)cc(-c2cc(C(=O)N3CCC(CC(C)(C)O)CC3)[nH]n2)c1. The number of aliphatic hydroxyl groups is 1. The molecule has 0 aliphatic carbocycles. The molecular weight excluding hydrogens is 338 g/mol. The fourth-order valence-electron chi connectivity index (χ4n) is 3.81. The Hall–Kier alpha value is -2.58. The molecule has 3 rings (SSSR count). The Labute approximate surface area is 160 Å². The number of benzene rings is 1. The molecule has 2 N–H and O–H groups in total. The van der Waals surface area contributed by atoms with E-state index in [2.05, 4.69) is 16.1 Å². The number of carbonyl (C=O) groups is 1. The molecule has 0 radical (unpaired) electrons. The summed E-state index contributed by atoms with van der Waals surface area (Å²) in [4.78, 5) is 14.7. The number of piperidine rings is 1. The van der Waals surface area contributed by atoms with Crippen LogP contribution in [0.5, 0.6) is 0 Å². The first-order valence-electron chi connectivity index (χ1n) is 9.41. The standard InChI is InChI=1S/C22H27N3O2/c1-5-16-10-15(2)11-18(12-16)19-13-20(24-23-19)21(26)25-8-6-17(7-9-25)14-22(3,4)27/h1,10-13,17,27H,6-9,14H2,2-4H3,(H,23,24). The topological polar surface area (TPSA) is 69.2 Å². The lowest BCUT2D eigenvalue weighted by atomic mass is 9.86. The van der Waals surface area contributed by atoms with Crippen molar-refractivity contribution in [3.05, 3.63) is 41.1 Å². The summed E-state index contributed by atoms with van der Waals surface area (Å²) in [6.07, 6.45) is 8.12. The van der Waals surface area contributed by atoms with E-state index in [1.807, 2.05) is 43.9 Å². The number of nitrogens with one attached hydrogen (secondary N) is 1. The van der Waals surface area contributed by atoms with Gasteiger partial charge in [-0.15, -0.1) is 6.42 Å². The summed E-state index contributed by atoms with van der Waals surface area (Å²) in [5.74, 6) is 3.08. The van der Waals surface area contributed by atoms with Crippen LogP contribution in [-0.4, -0.2) is 44.8 Å². The van der Waals surface area contributed by atoms with Crippen LogP contribution in [-0.2, 0) is 0 Å². The molecule has 1 aromatic carbocycles. The number of aromatic nitrogens is 2. The van der Waals surface area contributed by atoms with Gasteiger partial charge in [0.15, 0.2) is 0 Å². The van der Waals surface area contributed by atoms with Crippen molar-refractivity contribution in [1.29, 1.82) is 0 Å². The average molecular weight is 365 g/mol. The number of aryl methyl sites for hydroxylation is 1. The van der Waals surface area contributed by atoms with Crippen LogP contribution >= 0.6 is 0 Å². The van der Waals surface area contributed by atoms with Gasteiger partial charge in [-0.25, -0.2) is 0 Å². The van der Waals surface area contributed by atoms with Crippen LogP contribution < -0.4 is 0 Å². The van der Waals surface area contributed by atoms with Crippen molar-refractivity contribution in [2.45, 2.75) is 45.6 Å². The summed E-state index contributed by atoms with van der Waals surface area (Å²) < 4.78 is 0. The van der Waals surface area contributed by atoms with E-state index in [9.17, 15) is 9.90 Å². The van der Waals surface area contributed by atoms with Crippen LogP contribution in [0.2, 0.25) is 0 Å². The van der Waals surface area contributed by atoms with Gasteiger partial charge in [0.05, 0.1) is 11.3 Å².